The lowest BCUT2D eigenvalue weighted by molar-refractivity contribution is -0.141. The summed E-state index contributed by atoms with van der Waals surface area (Å²) in [6.07, 6.45) is 0. The summed E-state index contributed by atoms with van der Waals surface area (Å²) >= 11 is 0. The summed E-state index contributed by atoms with van der Waals surface area (Å²) < 4.78 is 22.6. The molecule has 0 aromatic rings. The first-order chi connectivity index (χ1) is 6.31. The predicted molar refractivity (Wildman–Crippen MR) is 54.1 cm³/mol. The van der Waals surface area contributed by atoms with Gasteiger partial charge in [0, 0.05) is 6.66 Å². The highest BCUT2D eigenvalue weighted by Crippen LogP contribution is 2.46. The second-order valence-corrected chi connectivity index (χ2v) is 5.47. The minimum Gasteiger partial charge on any atom is -0.460 e. The van der Waals surface area contributed by atoms with Crippen molar-refractivity contribution in [3.63, 3.8) is 0 Å². The van der Waals surface area contributed by atoms with Crippen LogP contribution in [0.25, 0.3) is 0 Å². The fourth-order valence-electron chi connectivity index (χ4n) is 0.535. The molecular formula is C8H16NO4P. The fraction of sp³-hybridized carbons (Fsp3) is 0.625. The number of ether oxygens (including phenoxy) is 1. The van der Waals surface area contributed by atoms with E-state index in [1.165, 1.54) is 11.3 Å². The molecule has 0 aliphatic carbocycles. The molecule has 0 aromatic heterocycles. The van der Waals surface area contributed by atoms with Crippen LogP contribution in [0.2, 0.25) is 0 Å². The summed E-state index contributed by atoms with van der Waals surface area (Å²) in [6, 6.07) is 0. The van der Waals surface area contributed by atoms with E-state index in [-0.39, 0.29) is 12.4 Å². The lowest BCUT2D eigenvalue weighted by atomic mass is 10.6. The molecule has 82 valence electrons. The Morgan fingerprint density at radius 1 is 1.50 bits per heavy atom. The van der Waals surface area contributed by atoms with Crippen LogP contribution in [0.1, 0.15) is 6.92 Å². The molecule has 0 aliphatic rings. The van der Waals surface area contributed by atoms with Crippen LogP contribution in [0.4, 0.5) is 0 Å². The third kappa shape index (κ3) is 3.94. The Bertz CT molecular complexity index is 275. The van der Waals surface area contributed by atoms with Crippen LogP contribution in [0, 0.1) is 0 Å². The van der Waals surface area contributed by atoms with Crippen LogP contribution >= 0.6 is 7.52 Å². The maximum atomic E-state index is 11.7. The van der Waals surface area contributed by atoms with E-state index in [2.05, 4.69) is 11.3 Å². The monoisotopic (exact) mass is 221 g/mol. The summed E-state index contributed by atoms with van der Waals surface area (Å²) in [5.74, 6) is -0.914. The van der Waals surface area contributed by atoms with E-state index in [0.29, 0.717) is 0 Å². The molecule has 0 aromatic carbocycles. The van der Waals surface area contributed by atoms with Crippen molar-refractivity contribution in [2.45, 2.75) is 6.92 Å². The van der Waals surface area contributed by atoms with Gasteiger partial charge in [-0.15, -0.1) is 0 Å². The summed E-state index contributed by atoms with van der Waals surface area (Å²) in [5.41, 5.74) is 0. The third-order valence-corrected chi connectivity index (χ3v) is 3.52. The molecule has 5 nitrogen and oxygen atoms in total. The number of hydrogen-bond donors (Lipinski definition) is 0. The highest BCUT2D eigenvalue weighted by molar-refractivity contribution is 7.55. The molecule has 0 spiro atoms. The van der Waals surface area contributed by atoms with Gasteiger partial charge in [0.2, 0.25) is 5.76 Å². The van der Waals surface area contributed by atoms with Crippen molar-refractivity contribution in [2.24, 2.45) is 0 Å². The first-order valence-corrected chi connectivity index (χ1v) is 6.14. The van der Waals surface area contributed by atoms with E-state index in [1.807, 2.05) is 0 Å². The number of carbonyl (C=O) groups is 1. The molecule has 0 rings (SSSR count). The highest BCUT2D eigenvalue weighted by Gasteiger charge is 2.24. The Balaban J connectivity index is 4.33. The zero-order valence-electron chi connectivity index (χ0n) is 8.94. The van der Waals surface area contributed by atoms with Crippen molar-refractivity contribution in [1.29, 1.82) is 0 Å². The number of esters is 1. The molecule has 14 heavy (non-hydrogen) atoms. The van der Waals surface area contributed by atoms with Crippen molar-refractivity contribution in [1.82, 2.24) is 4.67 Å². The average Bonchev–Trinajstić information content (AvgIpc) is 2.03. The van der Waals surface area contributed by atoms with Gasteiger partial charge in [-0.3, -0.25) is 4.57 Å². The van der Waals surface area contributed by atoms with Crippen molar-refractivity contribution >= 4 is 13.5 Å². The van der Waals surface area contributed by atoms with Crippen LogP contribution in [0.15, 0.2) is 12.3 Å². The molecule has 1 atom stereocenters. The fourth-order valence-corrected chi connectivity index (χ4v) is 1.18. The van der Waals surface area contributed by atoms with Gasteiger partial charge in [0.15, 0.2) is 0 Å². The quantitative estimate of drug-likeness (QED) is 0.304. The Morgan fingerprint density at radius 3 is 2.36 bits per heavy atom. The van der Waals surface area contributed by atoms with Gasteiger partial charge in [0.1, 0.15) is 0 Å². The SMILES string of the molecule is C=C(OP(C)(=O)N(C)C)C(=O)OCC. The van der Waals surface area contributed by atoms with Gasteiger partial charge >= 0.3 is 13.5 Å². The van der Waals surface area contributed by atoms with Gasteiger partial charge in [-0.1, -0.05) is 0 Å². The van der Waals surface area contributed by atoms with Gasteiger partial charge in [0.25, 0.3) is 0 Å². The van der Waals surface area contributed by atoms with Crippen molar-refractivity contribution in [3.05, 3.63) is 12.3 Å². The van der Waals surface area contributed by atoms with E-state index in [1.54, 1.807) is 21.0 Å². The molecule has 6 heteroatoms. The van der Waals surface area contributed by atoms with Gasteiger partial charge in [-0.25, -0.2) is 9.46 Å². The molecule has 0 fully saturated rings. The Kier molecular flexibility index (Phi) is 4.88. The van der Waals surface area contributed by atoms with Gasteiger partial charge in [0.05, 0.1) is 6.61 Å². The van der Waals surface area contributed by atoms with E-state index in [9.17, 15) is 9.36 Å². The minimum atomic E-state index is -2.97. The first-order valence-electron chi connectivity index (χ1n) is 4.12. The number of nitrogens with zero attached hydrogens (tertiary/aromatic N) is 1. The van der Waals surface area contributed by atoms with E-state index >= 15 is 0 Å². The van der Waals surface area contributed by atoms with Crippen LogP contribution in [0.3, 0.4) is 0 Å². The second-order valence-electron chi connectivity index (χ2n) is 2.89. The lowest BCUT2D eigenvalue weighted by Crippen LogP contribution is -2.14. The predicted octanol–water partition coefficient (Wildman–Crippen LogP) is 1.46. The van der Waals surface area contributed by atoms with E-state index in [0.717, 1.165) is 0 Å². The molecule has 0 heterocycles. The van der Waals surface area contributed by atoms with Crippen LogP contribution in [-0.4, -0.2) is 38.0 Å². The van der Waals surface area contributed by atoms with Crippen LogP contribution in [0.5, 0.6) is 0 Å². The second kappa shape index (κ2) is 5.17. The number of rotatable bonds is 5. The smallest absolute Gasteiger partial charge is 0.373 e. The number of carbonyl (C=O) groups excluding carboxylic acids is 1. The molecule has 1 unspecified atom stereocenters. The minimum absolute atomic E-state index is 0.230. The lowest BCUT2D eigenvalue weighted by Gasteiger charge is -2.21. The van der Waals surface area contributed by atoms with Crippen molar-refractivity contribution in [2.75, 3.05) is 27.4 Å². The molecule has 0 radical (unpaired) electrons. The maximum absolute atomic E-state index is 11.7. The van der Waals surface area contributed by atoms with E-state index in [4.69, 9.17) is 4.52 Å². The zero-order valence-corrected chi connectivity index (χ0v) is 9.84. The Hall–Kier alpha value is -0.800. The van der Waals surface area contributed by atoms with Gasteiger partial charge < -0.3 is 9.26 Å². The highest BCUT2D eigenvalue weighted by atomic mass is 31.2. The topological polar surface area (TPSA) is 55.8 Å². The maximum Gasteiger partial charge on any atom is 0.373 e. The Morgan fingerprint density at radius 2 is 2.00 bits per heavy atom. The normalized spacial score (nSPS) is 14.6. The summed E-state index contributed by atoms with van der Waals surface area (Å²) in [6.45, 7) is 6.65. The molecule has 0 aliphatic heterocycles. The summed E-state index contributed by atoms with van der Waals surface area (Å²) in [4.78, 5) is 11.1. The average molecular weight is 221 g/mol. The first kappa shape index (κ1) is 13.2. The molecule has 0 amide bonds. The molecule has 0 saturated carbocycles. The summed E-state index contributed by atoms with van der Waals surface area (Å²) in [5, 5.41) is 0. The molecule has 0 bridgehead atoms. The standard InChI is InChI=1S/C8H16NO4P/c1-6-12-8(10)7(2)13-14(5,11)9(3)4/h2,6H2,1,3-5H3. The Labute approximate surface area is 84.2 Å². The zero-order chi connectivity index (χ0) is 11.4. The summed E-state index contributed by atoms with van der Waals surface area (Å²) in [7, 11) is 0.228. The van der Waals surface area contributed by atoms with Crippen molar-refractivity contribution in [3.8, 4) is 0 Å². The molecular weight excluding hydrogens is 205 g/mol. The molecule has 0 saturated heterocycles. The third-order valence-electron chi connectivity index (χ3n) is 1.51. The largest absolute Gasteiger partial charge is 0.460 e. The van der Waals surface area contributed by atoms with Gasteiger partial charge in [-0.05, 0) is 27.6 Å². The van der Waals surface area contributed by atoms with Crippen molar-refractivity contribution < 1.29 is 18.6 Å². The van der Waals surface area contributed by atoms with Crippen LogP contribution in [-0.2, 0) is 18.6 Å². The number of hydrogen-bond acceptors (Lipinski definition) is 4. The van der Waals surface area contributed by atoms with E-state index < -0.39 is 13.5 Å². The van der Waals surface area contributed by atoms with Gasteiger partial charge in [-0.2, -0.15) is 0 Å². The molecule has 0 N–H and O–H groups in total. The van der Waals surface area contributed by atoms with Crippen LogP contribution < -0.4 is 0 Å².